The van der Waals surface area contributed by atoms with Gasteiger partial charge < -0.3 is 14.6 Å². The molecular formula is C57H90O5. The Kier molecular flexibility index (Phi) is 48.1. The van der Waals surface area contributed by atoms with Crippen LogP contribution in [0.5, 0.6) is 0 Å². The van der Waals surface area contributed by atoms with Crippen molar-refractivity contribution < 1.29 is 24.2 Å². The van der Waals surface area contributed by atoms with E-state index in [9.17, 15) is 14.7 Å². The van der Waals surface area contributed by atoms with E-state index in [-0.39, 0.29) is 25.2 Å². The van der Waals surface area contributed by atoms with Crippen LogP contribution in [0.4, 0.5) is 0 Å². The average molecular weight is 855 g/mol. The van der Waals surface area contributed by atoms with Crippen LogP contribution in [0.2, 0.25) is 0 Å². The number of ether oxygens (including phenoxy) is 2. The van der Waals surface area contributed by atoms with Crippen LogP contribution in [0.15, 0.2) is 134 Å². The normalized spacial score (nSPS) is 13.4. The standard InChI is InChI=1S/C57H90O5/c1-3-5-7-9-11-13-15-17-19-21-22-23-24-25-26-27-28-29-30-31-32-33-34-36-38-40-42-44-46-48-50-52-57(60)62-55(53-58)54-61-56(59)51-49-47-45-43-41-39-37-35-20-18-16-14-12-10-8-6-4-2/h5,7,11-14,17-20,22-23,25-26,28-29,31-32,34,36,40,42,55,58H,3-4,6,8-10,15-16,21,24,27,30,33,35,37-39,41,43-54H2,1-2H3/b7-5-,13-11-,14-12-,19-17-,20-18-,23-22-,26-25-,29-28-,32-31-,36-34-,42-40-. The van der Waals surface area contributed by atoms with Gasteiger partial charge in [0.1, 0.15) is 6.61 Å². The lowest BCUT2D eigenvalue weighted by Gasteiger charge is -2.15. The molecule has 5 heteroatoms. The van der Waals surface area contributed by atoms with Gasteiger partial charge in [-0.3, -0.25) is 9.59 Å². The van der Waals surface area contributed by atoms with E-state index in [1.807, 2.05) is 0 Å². The highest BCUT2D eigenvalue weighted by Crippen LogP contribution is 2.12. The first-order valence-corrected chi connectivity index (χ1v) is 24.7. The van der Waals surface area contributed by atoms with Crippen LogP contribution in [0.1, 0.15) is 194 Å². The van der Waals surface area contributed by atoms with Gasteiger partial charge in [-0.05, 0) is 116 Å². The molecule has 1 unspecified atom stereocenters. The van der Waals surface area contributed by atoms with Crippen LogP contribution in [-0.4, -0.2) is 36.4 Å². The number of carbonyl (C=O) groups excluding carboxylic acids is 2. The molecule has 0 heterocycles. The summed E-state index contributed by atoms with van der Waals surface area (Å²) in [6.45, 7) is 3.95. The van der Waals surface area contributed by atoms with Gasteiger partial charge in [-0.15, -0.1) is 0 Å². The molecule has 0 saturated carbocycles. The number of rotatable bonds is 43. The van der Waals surface area contributed by atoms with Gasteiger partial charge in [-0.25, -0.2) is 0 Å². The maximum Gasteiger partial charge on any atom is 0.306 e. The number of esters is 2. The Balaban J connectivity index is 3.70. The first-order chi connectivity index (χ1) is 30.6. The molecule has 0 radical (unpaired) electrons. The van der Waals surface area contributed by atoms with Gasteiger partial charge in [0, 0.05) is 12.8 Å². The highest BCUT2D eigenvalue weighted by atomic mass is 16.6. The van der Waals surface area contributed by atoms with Crippen LogP contribution >= 0.6 is 0 Å². The molecule has 348 valence electrons. The van der Waals surface area contributed by atoms with Gasteiger partial charge in [-0.1, -0.05) is 199 Å². The summed E-state index contributed by atoms with van der Waals surface area (Å²) in [5.74, 6) is -0.649. The molecule has 0 rings (SSSR count). The highest BCUT2D eigenvalue weighted by molar-refractivity contribution is 5.70. The van der Waals surface area contributed by atoms with Gasteiger partial charge in [0.25, 0.3) is 0 Å². The number of allylic oxidation sites excluding steroid dienone is 22. The number of aliphatic hydroxyl groups is 1. The molecule has 0 aromatic rings. The molecule has 0 fully saturated rings. The molecule has 5 nitrogen and oxygen atoms in total. The number of unbranched alkanes of at least 4 members (excludes halogenated alkanes) is 13. The highest BCUT2D eigenvalue weighted by Gasteiger charge is 2.16. The molecule has 0 aromatic carbocycles. The number of hydrogen-bond acceptors (Lipinski definition) is 5. The zero-order valence-corrected chi connectivity index (χ0v) is 39.6. The minimum atomic E-state index is -0.803. The summed E-state index contributed by atoms with van der Waals surface area (Å²) >= 11 is 0. The molecular weight excluding hydrogens is 765 g/mol. The average Bonchev–Trinajstić information content (AvgIpc) is 3.28. The zero-order valence-electron chi connectivity index (χ0n) is 39.6. The maximum absolute atomic E-state index is 12.2. The number of aliphatic hydroxyl groups excluding tert-OH is 1. The molecule has 0 amide bonds. The predicted molar refractivity (Wildman–Crippen MR) is 269 cm³/mol. The Bertz CT molecular complexity index is 1330. The van der Waals surface area contributed by atoms with Gasteiger partial charge in [0.2, 0.25) is 0 Å². The van der Waals surface area contributed by atoms with Crippen molar-refractivity contribution in [2.24, 2.45) is 0 Å². The fourth-order valence-corrected chi connectivity index (χ4v) is 6.22. The summed E-state index contributed by atoms with van der Waals surface area (Å²) in [4.78, 5) is 24.4. The van der Waals surface area contributed by atoms with Crippen LogP contribution < -0.4 is 0 Å². The van der Waals surface area contributed by atoms with Crippen molar-refractivity contribution in [3.05, 3.63) is 134 Å². The fraction of sp³-hybridized carbons (Fsp3) is 0.579. The SMILES string of the molecule is CC/C=C\C/C=C\C/C=C\C/C=C\C/C=C\C/C=C\C/C=C\C/C=C\C/C=C\CCCCCC(=O)OC(CO)COC(=O)CCCCCCCCC/C=C\C/C=C\CCCCC. The van der Waals surface area contributed by atoms with Crippen molar-refractivity contribution in [1.29, 1.82) is 0 Å². The van der Waals surface area contributed by atoms with Crippen molar-refractivity contribution >= 4 is 11.9 Å². The Morgan fingerprint density at radius 2 is 0.694 bits per heavy atom. The summed E-state index contributed by atoms with van der Waals surface area (Å²) in [5.41, 5.74) is 0. The third kappa shape index (κ3) is 48.7. The summed E-state index contributed by atoms with van der Waals surface area (Å²) in [5, 5.41) is 9.61. The Hall–Kier alpha value is -3.96. The van der Waals surface area contributed by atoms with E-state index in [1.54, 1.807) is 0 Å². The van der Waals surface area contributed by atoms with Crippen molar-refractivity contribution in [2.75, 3.05) is 13.2 Å². The largest absolute Gasteiger partial charge is 0.462 e. The van der Waals surface area contributed by atoms with Crippen molar-refractivity contribution in [3.63, 3.8) is 0 Å². The number of carbonyl (C=O) groups is 2. The molecule has 0 spiro atoms. The quantitative estimate of drug-likeness (QED) is 0.0376. The Morgan fingerprint density at radius 3 is 1.06 bits per heavy atom. The topological polar surface area (TPSA) is 72.8 Å². The second-order valence-electron chi connectivity index (χ2n) is 15.8. The molecule has 1 N–H and O–H groups in total. The third-order valence-electron chi connectivity index (χ3n) is 9.93. The fourth-order valence-electron chi connectivity index (χ4n) is 6.22. The second-order valence-corrected chi connectivity index (χ2v) is 15.8. The molecule has 62 heavy (non-hydrogen) atoms. The molecule has 0 aliphatic rings. The summed E-state index contributed by atoms with van der Waals surface area (Å²) in [7, 11) is 0. The smallest absolute Gasteiger partial charge is 0.306 e. The van der Waals surface area contributed by atoms with E-state index in [1.165, 1.54) is 51.4 Å². The third-order valence-corrected chi connectivity index (χ3v) is 9.93. The van der Waals surface area contributed by atoms with Crippen molar-refractivity contribution in [3.8, 4) is 0 Å². The summed E-state index contributed by atoms with van der Waals surface area (Å²) < 4.78 is 10.6. The van der Waals surface area contributed by atoms with E-state index < -0.39 is 6.10 Å². The minimum absolute atomic E-state index is 0.0926. The monoisotopic (exact) mass is 855 g/mol. The number of hydrogen-bond donors (Lipinski definition) is 1. The summed E-state index contributed by atoms with van der Waals surface area (Å²) in [6.07, 6.45) is 76.7. The maximum atomic E-state index is 12.2. The van der Waals surface area contributed by atoms with Gasteiger partial charge in [-0.2, -0.15) is 0 Å². The first kappa shape index (κ1) is 58.0. The van der Waals surface area contributed by atoms with E-state index in [2.05, 4.69) is 148 Å². The molecule has 1 atom stereocenters. The Morgan fingerprint density at radius 1 is 0.387 bits per heavy atom. The summed E-state index contributed by atoms with van der Waals surface area (Å²) in [6, 6.07) is 0. The van der Waals surface area contributed by atoms with Crippen LogP contribution in [0.3, 0.4) is 0 Å². The van der Waals surface area contributed by atoms with Crippen molar-refractivity contribution in [2.45, 2.75) is 200 Å². The zero-order chi connectivity index (χ0) is 44.9. The van der Waals surface area contributed by atoms with E-state index in [0.717, 1.165) is 116 Å². The van der Waals surface area contributed by atoms with Gasteiger partial charge in [0.15, 0.2) is 6.10 Å². The van der Waals surface area contributed by atoms with Crippen LogP contribution in [0, 0.1) is 0 Å². The molecule has 0 aliphatic heterocycles. The lowest BCUT2D eigenvalue weighted by Crippen LogP contribution is -2.28. The molecule has 0 aliphatic carbocycles. The van der Waals surface area contributed by atoms with E-state index >= 15 is 0 Å². The van der Waals surface area contributed by atoms with E-state index in [4.69, 9.17) is 9.47 Å². The lowest BCUT2D eigenvalue weighted by atomic mass is 10.1. The first-order valence-electron chi connectivity index (χ1n) is 24.7. The molecule has 0 aromatic heterocycles. The lowest BCUT2D eigenvalue weighted by molar-refractivity contribution is -0.161. The van der Waals surface area contributed by atoms with Crippen LogP contribution in [-0.2, 0) is 19.1 Å². The molecule has 0 bridgehead atoms. The molecule has 0 saturated heterocycles. The second kappa shape index (κ2) is 51.4. The van der Waals surface area contributed by atoms with E-state index in [0.29, 0.717) is 12.8 Å². The van der Waals surface area contributed by atoms with Gasteiger partial charge in [0.05, 0.1) is 6.61 Å². The van der Waals surface area contributed by atoms with Gasteiger partial charge >= 0.3 is 11.9 Å². The minimum Gasteiger partial charge on any atom is -0.462 e. The Labute approximate surface area is 381 Å². The van der Waals surface area contributed by atoms with Crippen molar-refractivity contribution in [1.82, 2.24) is 0 Å². The van der Waals surface area contributed by atoms with Crippen LogP contribution in [0.25, 0.3) is 0 Å². The predicted octanol–water partition coefficient (Wildman–Crippen LogP) is 16.5.